The monoisotopic (exact) mass is 346 g/mol. The van der Waals surface area contributed by atoms with Crippen LogP contribution in [0.4, 0.5) is 4.79 Å². The maximum Gasteiger partial charge on any atom is 0.407 e. The van der Waals surface area contributed by atoms with Gasteiger partial charge in [0.2, 0.25) is 0 Å². The topological polar surface area (TPSA) is 74.8 Å². The molecule has 0 aliphatic rings. The van der Waals surface area contributed by atoms with Gasteiger partial charge in [0.15, 0.2) is 5.96 Å². The summed E-state index contributed by atoms with van der Waals surface area (Å²) in [6.45, 7) is 12.2. The number of aliphatic imine (C=N–C) groups is 1. The third-order valence-electron chi connectivity index (χ3n) is 3.33. The van der Waals surface area contributed by atoms with E-state index in [4.69, 9.17) is 4.74 Å². The van der Waals surface area contributed by atoms with Gasteiger partial charge < -0.3 is 20.7 Å². The fourth-order valence-electron chi connectivity index (χ4n) is 1.91. The van der Waals surface area contributed by atoms with Crippen LogP contribution in [0.5, 0.6) is 0 Å². The van der Waals surface area contributed by atoms with Crippen LogP contribution in [0.1, 0.15) is 41.0 Å². The first kappa shape index (κ1) is 21.9. The highest BCUT2D eigenvalue weighted by molar-refractivity contribution is 7.99. The van der Waals surface area contributed by atoms with Gasteiger partial charge in [0, 0.05) is 30.9 Å². The Kier molecular flexibility index (Phi) is 10.9. The Morgan fingerprint density at radius 1 is 1.30 bits per heavy atom. The van der Waals surface area contributed by atoms with E-state index in [1.807, 2.05) is 11.8 Å². The van der Waals surface area contributed by atoms with Gasteiger partial charge in [-0.3, -0.25) is 4.99 Å². The van der Waals surface area contributed by atoms with E-state index in [9.17, 15) is 4.79 Å². The molecule has 0 aromatic rings. The third kappa shape index (κ3) is 11.1. The Morgan fingerprint density at radius 2 is 1.96 bits per heavy atom. The summed E-state index contributed by atoms with van der Waals surface area (Å²) in [6, 6.07) is 0.00107. The van der Waals surface area contributed by atoms with E-state index in [-0.39, 0.29) is 16.9 Å². The maximum atomic E-state index is 11.6. The summed E-state index contributed by atoms with van der Waals surface area (Å²) in [5.41, 5.74) is 0. The van der Waals surface area contributed by atoms with Crippen LogP contribution in [0, 0.1) is 5.92 Å². The average molecular weight is 347 g/mol. The lowest BCUT2D eigenvalue weighted by Crippen LogP contribution is -2.49. The van der Waals surface area contributed by atoms with Crippen molar-refractivity contribution < 1.29 is 9.53 Å². The number of hydrogen-bond donors (Lipinski definition) is 3. The standard InChI is InChI=1S/C16H34N4O2S/c1-8-22-15(21)20-13(9-12(2)3)10-18-14(17-6)19-11-16(4,5)23-7/h12-13H,8-11H2,1-7H3,(H,20,21)(H2,17,18,19). The van der Waals surface area contributed by atoms with Crippen LogP contribution in [0.2, 0.25) is 0 Å². The van der Waals surface area contributed by atoms with E-state index in [0.717, 1.165) is 18.9 Å². The molecule has 1 unspecified atom stereocenters. The van der Waals surface area contributed by atoms with Gasteiger partial charge >= 0.3 is 6.09 Å². The maximum absolute atomic E-state index is 11.6. The van der Waals surface area contributed by atoms with Gasteiger partial charge in [-0.25, -0.2) is 4.79 Å². The van der Waals surface area contributed by atoms with Crippen molar-refractivity contribution in [2.24, 2.45) is 10.9 Å². The molecule has 3 N–H and O–H groups in total. The molecule has 0 aromatic heterocycles. The van der Waals surface area contributed by atoms with Crippen molar-refractivity contribution in [1.82, 2.24) is 16.0 Å². The molecule has 0 saturated carbocycles. The number of nitrogens with one attached hydrogen (secondary N) is 3. The zero-order chi connectivity index (χ0) is 17.9. The zero-order valence-corrected chi connectivity index (χ0v) is 16.5. The second-order valence-electron chi connectivity index (χ2n) is 6.46. The molecule has 0 aromatic carbocycles. The molecule has 6 nitrogen and oxygen atoms in total. The van der Waals surface area contributed by atoms with E-state index in [1.165, 1.54) is 0 Å². The summed E-state index contributed by atoms with van der Waals surface area (Å²) >= 11 is 1.81. The van der Waals surface area contributed by atoms with Crippen molar-refractivity contribution in [3.05, 3.63) is 0 Å². The Labute approximate surface area is 145 Å². The van der Waals surface area contributed by atoms with Crippen molar-refractivity contribution in [2.45, 2.75) is 51.8 Å². The molecule has 136 valence electrons. The van der Waals surface area contributed by atoms with Gasteiger partial charge in [0.1, 0.15) is 0 Å². The third-order valence-corrected chi connectivity index (χ3v) is 4.58. The minimum absolute atomic E-state index is 0.00107. The summed E-state index contributed by atoms with van der Waals surface area (Å²) in [7, 11) is 1.75. The van der Waals surface area contributed by atoms with Gasteiger partial charge in [-0.15, -0.1) is 0 Å². The smallest absolute Gasteiger partial charge is 0.407 e. The van der Waals surface area contributed by atoms with Crippen LogP contribution >= 0.6 is 11.8 Å². The first-order chi connectivity index (χ1) is 10.7. The number of carbonyl (C=O) groups excluding carboxylic acids is 1. The van der Waals surface area contributed by atoms with Gasteiger partial charge in [-0.1, -0.05) is 13.8 Å². The summed E-state index contributed by atoms with van der Waals surface area (Å²) < 4.78 is 5.10. The number of rotatable bonds is 9. The number of alkyl carbamates (subject to hydrolysis) is 1. The van der Waals surface area contributed by atoms with Crippen LogP contribution < -0.4 is 16.0 Å². The summed E-state index contributed by atoms with van der Waals surface area (Å²) in [4.78, 5) is 15.9. The minimum Gasteiger partial charge on any atom is -0.450 e. The van der Waals surface area contributed by atoms with E-state index in [2.05, 4.69) is 54.9 Å². The van der Waals surface area contributed by atoms with E-state index in [1.54, 1.807) is 14.0 Å². The lowest BCUT2D eigenvalue weighted by Gasteiger charge is -2.25. The Morgan fingerprint density at radius 3 is 2.43 bits per heavy atom. The van der Waals surface area contributed by atoms with Gasteiger partial charge in [-0.2, -0.15) is 11.8 Å². The normalized spacial score (nSPS) is 13.7. The summed E-state index contributed by atoms with van der Waals surface area (Å²) in [5, 5.41) is 9.50. The summed E-state index contributed by atoms with van der Waals surface area (Å²) in [6.07, 6.45) is 2.60. The molecule has 0 rings (SSSR count). The molecule has 0 spiro atoms. The van der Waals surface area contributed by atoms with Gasteiger partial charge in [0.25, 0.3) is 0 Å². The lowest BCUT2D eigenvalue weighted by atomic mass is 10.0. The molecule has 0 aliphatic heterocycles. The lowest BCUT2D eigenvalue weighted by molar-refractivity contribution is 0.146. The predicted octanol–water partition coefficient (Wildman–Crippen LogP) is 2.45. The largest absolute Gasteiger partial charge is 0.450 e. The van der Waals surface area contributed by atoms with Crippen LogP contribution in [0.25, 0.3) is 0 Å². The molecule has 0 radical (unpaired) electrons. The quantitative estimate of drug-likeness (QED) is 0.442. The van der Waals surface area contributed by atoms with Crippen LogP contribution in [0.15, 0.2) is 4.99 Å². The molecule has 23 heavy (non-hydrogen) atoms. The number of thioether (sulfide) groups is 1. The Balaban J connectivity index is 4.47. The molecule has 7 heteroatoms. The van der Waals surface area contributed by atoms with Crippen LogP contribution in [-0.4, -0.2) is 55.8 Å². The first-order valence-electron chi connectivity index (χ1n) is 8.17. The highest BCUT2D eigenvalue weighted by Crippen LogP contribution is 2.19. The Hall–Kier alpha value is -1.11. The van der Waals surface area contributed by atoms with Crippen molar-refractivity contribution in [3.8, 4) is 0 Å². The zero-order valence-electron chi connectivity index (χ0n) is 15.7. The SMILES string of the molecule is CCOC(=O)NC(CNC(=NC)NCC(C)(C)SC)CC(C)C. The highest BCUT2D eigenvalue weighted by atomic mass is 32.2. The molecule has 0 bridgehead atoms. The molecule has 1 atom stereocenters. The molecule has 1 amide bonds. The van der Waals surface area contributed by atoms with Crippen molar-refractivity contribution in [1.29, 1.82) is 0 Å². The van der Waals surface area contributed by atoms with Gasteiger partial charge in [0.05, 0.1) is 6.61 Å². The number of carbonyl (C=O) groups is 1. The van der Waals surface area contributed by atoms with Crippen LogP contribution in [0.3, 0.4) is 0 Å². The number of ether oxygens (including phenoxy) is 1. The molecule has 0 aliphatic carbocycles. The second kappa shape index (κ2) is 11.4. The van der Waals surface area contributed by atoms with E-state index < -0.39 is 0 Å². The average Bonchev–Trinajstić information content (AvgIpc) is 2.46. The fourth-order valence-corrected chi connectivity index (χ4v) is 2.13. The number of guanidine groups is 1. The van der Waals surface area contributed by atoms with Crippen LogP contribution in [-0.2, 0) is 4.74 Å². The summed E-state index contributed by atoms with van der Waals surface area (Å²) in [5.74, 6) is 1.22. The van der Waals surface area contributed by atoms with E-state index in [0.29, 0.717) is 19.1 Å². The highest BCUT2D eigenvalue weighted by Gasteiger charge is 2.18. The number of amides is 1. The molecule has 0 saturated heterocycles. The second-order valence-corrected chi connectivity index (χ2v) is 7.98. The van der Waals surface area contributed by atoms with Gasteiger partial charge in [-0.05, 0) is 39.4 Å². The van der Waals surface area contributed by atoms with Crippen molar-refractivity contribution in [3.63, 3.8) is 0 Å². The minimum atomic E-state index is -0.369. The molecule has 0 fully saturated rings. The van der Waals surface area contributed by atoms with Crippen molar-refractivity contribution >= 4 is 23.8 Å². The predicted molar refractivity (Wildman–Crippen MR) is 100 cm³/mol. The molecular formula is C16H34N4O2S. The molecular weight excluding hydrogens is 312 g/mol. The fraction of sp³-hybridized carbons (Fsp3) is 0.875. The first-order valence-corrected chi connectivity index (χ1v) is 9.39. The number of nitrogens with zero attached hydrogens (tertiary/aromatic N) is 1. The number of hydrogen-bond acceptors (Lipinski definition) is 4. The van der Waals surface area contributed by atoms with E-state index >= 15 is 0 Å². The molecule has 0 heterocycles. The van der Waals surface area contributed by atoms with Crippen molar-refractivity contribution in [2.75, 3.05) is 33.0 Å². The Bertz CT molecular complexity index is 373.